The zero-order valence-corrected chi connectivity index (χ0v) is 31.3. The molecule has 2 atom stereocenters. The van der Waals surface area contributed by atoms with Gasteiger partial charge in [-0.15, -0.1) is 24.7 Å². The van der Waals surface area contributed by atoms with Gasteiger partial charge < -0.3 is 14.4 Å². The summed E-state index contributed by atoms with van der Waals surface area (Å²) in [4.78, 5) is 34.9. The van der Waals surface area contributed by atoms with Gasteiger partial charge in [-0.2, -0.15) is 0 Å². The summed E-state index contributed by atoms with van der Waals surface area (Å²) in [6.07, 6.45) is 38.3. The Morgan fingerprint density at radius 2 is 0.979 bits per heavy atom. The van der Waals surface area contributed by atoms with Crippen molar-refractivity contribution in [1.82, 2.24) is 0 Å². The van der Waals surface area contributed by atoms with E-state index in [1.165, 1.54) is 77.0 Å². The fourth-order valence-electron chi connectivity index (χ4n) is 5.33. The highest BCUT2D eigenvalue weighted by Crippen LogP contribution is 2.43. The Morgan fingerprint density at radius 1 is 0.583 bits per heavy atom. The number of phosphoric acid groups is 1. The van der Waals surface area contributed by atoms with E-state index in [-0.39, 0.29) is 32.0 Å². The van der Waals surface area contributed by atoms with Crippen LogP contribution >= 0.6 is 7.82 Å². The molecule has 0 rings (SSSR count). The molecule has 9 heteroatoms. The molecular weight excluding hydrogens is 627 g/mol. The smallest absolute Gasteiger partial charge is 0.462 e. The molecule has 0 aromatic heterocycles. The molecule has 0 saturated heterocycles. The molecule has 0 bridgehead atoms. The van der Waals surface area contributed by atoms with E-state index in [9.17, 15) is 19.0 Å². The van der Waals surface area contributed by atoms with Crippen LogP contribution in [0.2, 0.25) is 0 Å². The minimum atomic E-state index is -4.31. The quantitative estimate of drug-likeness (QED) is 0.0298. The van der Waals surface area contributed by atoms with E-state index in [1.54, 1.807) is 0 Å². The Kier molecular flexibility index (Phi) is 33.7. The highest BCUT2D eigenvalue weighted by Gasteiger charge is 2.26. The van der Waals surface area contributed by atoms with Crippen molar-refractivity contribution in [3.05, 3.63) is 0 Å². The van der Waals surface area contributed by atoms with E-state index in [2.05, 4.69) is 11.8 Å². The molecule has 0 aromatic carbocycles. The van der Waals surface area contributed by atoms with Crippen molar-refractivity contribution in [2.75, 3.05) is 19.8 Å². The number of terminal acetylenes is 2. The predicted octanol–water partition coefficient (Wildman–Crippen LogP) is 10.8. The molecule has 0 amide bonds. The van der Waals surface area contributed by atoms with Gasteiger partial charge in [-0.1, -0.05) is 129 Å². The van der Waals surface area contributed by atoms with Crippen LogP contribution in [0.1, 0.15) is 187 Å². The van der Waals surface area contributed by atoms with E-state index in [0.717, 1.165) is 77.0 Å². The van der Waals surface area contributed by atoms with Crippen LogP contribution < -0.4 is 0 Å². The van der Waals surface area contributed by atoms with Gasteiger partial charge in [0, 0.05) is 25.7 Å². The van der Waals surface area contributed by atoms with E-state index in [1.807, 2.05) is 6.92 Å². The van der Waals surface area contributed by atoms with E-state index < -0.39 is 26.5 Å². The fourth-order valence-corrected chi connectivity index (χ4v) is 6.12. The average Bonchev–Trinajstić information content (AvgIpc) is 3.06. The standard InChI is InChI=1S/C39H69O8P/c1-4-7-10-12-14-16-18-20-22-24-26-28-30-32-38(40)44-35-37(36-46-48(42,43)45-34-9-6-3)47-39(41)33-31-29-27-25-23-21-19-17-15-13-11-8-5-2/h1-2,37H,6-36H2,3H3,(H,42,43)/t37-/m1/s1. The molecule has 278 valence electrons. The Balaban J connectivity index is 4.25. The highest BCUT2D eigenvalue weighted by atomic mass is 31.2. The summed E-state index contributed by atoms with van der Waals surface area (Å²) in [5.74, 6) is 4.56. The van der Waals surface area contributed by atoms with Gasteiger partial charge in [-0.3, -0.25) is 18.6 Å². The zero-order valence-electron chi connectivity index (χ0n) is 30.4. The van der Waals surface area contributed by atoms with Crippen molar-refractivity contribution in [2.24, 2.45) is 0 Å². The first-order valence-corrected chi connectivity index (χ1v) is 20.7. The van der Waals surface area contributed by atoms with Crippen LogP contribution in [0.25, 0.3) is 0 Å². The van der Waals surface area contributed by atoms with E-state index in [4.69, 9.17) is 31.4 Å². The molecule has 0 aliphatic heterocycles. The summed E-state index contributed by atoms with van der Waals surface area (Å²) in [6, 6.07) is 0. The van der Waals surface area contributed by atoms with Crippen LogP contribution in [0.5, 0.6) is 0 Å². The SMILES string of the molecule is C#CCCCCCCCCCCCCCC(=O)OC[C@H](COP(=O)(O)OCCCC)OC(=O)CCCCCCCCCCCCCC#C. The van der Waals surface area contributed by atoms with Crippen LogP contribution in [0.15, 0.2) is 0 Å². The molecule has 0 radical (unpaired) electrons. The van der Waals surface area contributed by atoms with Crippen LogP contribution in [0, 0.1) is 24.7 Å². The van der Waals surface area contributed by atoms with Crippen LogP contribution in [0.4, 0.5) is 0 Å². The second-order valence-electron chi connectivity index (χ2n) is 12.9. The molecule has 0 saturated carbocycles. The molecule has 0 heterocycles. The Morgan fingerprint density at radius 3 is 1.40 bits per heavy atom. The van der Waals surface area contributed by atoms with Crippen LogP contribution in [-0.2, 0) is 32.7 Å². The molecule has 0 fully saturated rings. The fraction of sp³-hybridized carbons (Fsp3) is 0.846. The minimum absolute atomic E-state index is 0.0879. The number of rotatable bonds is 36. The summed E-state index contributed by atoms with van der Waals surface area (Å²) >= 11 is 0. The van der Waals surface area contributed by atoms with Crippen LogP contribution in [-0.4, -0.2) is 42.8 Å². The van der Waals surface area contributed by atoms with Gasteiger partial charge in [0.15, 0.2) is 6.10 Å². The number of esters is 2. The Labute approximate surface area is 294 Å². The molecule has 0 aromatic rings. The number of carbonyl (C=O) groups is 2. The second kappa shape index (κ2) is 35.0. The first-order chi connectivity index (χ1) is 23.3. The lowest BCUT2D eigenvalue weighted by molar-refractivity contribution is -0.161. The van der Waals surface area contributed by atoms with E-state index >= 15 is 0 Å². The highest BCUT2D eigenvalue weighted by molar-refractivity contribution is 7.47. The number of unbranched alkanes of at least 4 members (excludes halogenated alkanes) is 23. The maximum Gasteiger partial charge on any atom is 0.472 e. The lowest BCUT2D eigenvalue weighted by Crippen LogP contribution is -2.29. The summed E-state index contributed by atoms with van der Waals surface area (Å²) < 4.78 is 33.1. The number of ether oxygens (including phenoxy) is 2. The van der Waals surface area contributed by atoms with Gasteiger partial charge in [-0.05, 0) is 32.1 Å². The molecular formula is C39H69O8P. The minimum Gasteiger partial charge on any atom is -0.462 e. The molecule has 1 unspecified atom stereocenters. The number of hydrogen-bond acceptors (Lipinski definition) is 7. The number of carbonyl (C=O) groups excluding carboxylic acids is 2. The maximum atomic E-state index is 12.5. The van der Waals surface area contributed by atoms with Crippen molar-refractivity contribution in [1.29, 1.82) is 0 Å². The lowest BCUT2D eigenvalue weighted by Gasteiger charge is -2.20. The molecule has 48 heavy (non-hydrogen) atoms. The van der Waals surface area contributed by atoms with Gasteiger partial charge in [0.1, 0.15) is 6.61 Å². The van der Waals surface area contributed by atoms with E-state index in [0.29, 0.717) is 12.8 Å². The zero-order chi connectivity index (χ0) is 35.4. The molecule has 0 aliphatic carbocycles. The van der Waals surface area contributed by atoms with Crippen molar-refractivity contribution >= 4 is 19.8 Å². The summed E-state index contributed by atoms with van der Waals surface area (Å²) in [5.41, 5.74) is 0. The number of phosphoric ester groups is 1. The first-order valence-electron chi connectivity index (χ1n) is 19.2. The molecule has 8 nitrogen and oxygen atoms in total. The summed E-state index contributed by atoms with van der Waals surface area (Å²) in [6.45, 7) is 1.40. The summed E-state index contributed by atoms with van der Waals surface area (Å²) in [7, 11) is -4.31. The van der Waals surface area contributed by atoms with Gasteiger partial charge in [0.25, 0.3) is 0 Å². The molecule has 0 spiro atoms. The van der Waals surface area contributed by atoms with Crippen molar-refractivity contribution in [3.63, 3.8) is 0 Å². The third-order valence-electron chi connectivity index (χ3n) is 8.31. The van der Waals surface area contributed by atoms with Gasteiger partial charge in [-0.25, -0.2) is 4.57 Å². The van der Waals surface area contributed by atoms with Gasteiger partial charge in [0.2, 0.25) is 0 Å². The largest absolute Gasteiger partial charge is 0.472 e. The third kappa shape index (κ3) is 34.0. The van der Waals surface area contributed by atoms with Crippen molar-refractivity contribution < 1.29 is 37.6 Å². The number of hydrogen-bond donors (Lipinski definition) is 1. The normalized spacial score (nSPS) is 12.9. The van der Waals surface area contributed by atoms with Gasteiger partial charge >= 0.3 is 19.8 Å². The monoisotopic (exact) mass is 696 g/mol. The predicted molar refractivity (Wildman–Crippen MR) is 195 cm³/mol. The summed E-state index contributed by atoms with van der Waals surface area (Å²) in [5, 5.41) is 0. The van der Waals surface area contributed by atoms with Crippen molar-refractivity contribution in [2.45, 2.75) is 193 Å². The first kappa shape index (κ1) is 46.2. The molecule has 1 N–H and O–H groups in total. The third-order valence-corrected chi connectivity index (χ3v) is 9.29. The topological polar surface area (TPSA) is 108 Å². The average molecular weight is 697 g/mol. The molecule has 0 aliphatic rings. The maximum absolute atomic E-state index is 12.5. The van der Waals surface area contributed by atoms with Crippen molar-refractivity contribution in [3.8, 4) is 24.7 Å². The van der Waals surface area contributed by atoms with Gasteiger partial charge in [0.05, 0.1) is 13.2 Å². The second-order valence-corrected chi connectivity index (χ2v) is 14.4. The Hall–Kier alpha value is -1.83. The van der Waals surface area contributed by atoms with Crippen LogP contribution in [0.3, 0.4) is 0 Å². The lowest BCUT2D eigenvalue weighted by atomic mass is 10.0. The Bertz CT molecular complexity index is 893.